The standard InChI is InChI=1S/C16H18FN3O/c1-20(2)15-8-7-11(9-14(15)18)16(21)19-10-12-5-3-4-6-13(12)17/h3-9H,10,18H2,1-2H3,(H,19,21). The Hall–Kier alpha value is -2.56. The Bertz CT molecular complexity index is 656. The van der Waals surface area contributed by atoms with Crippen LogP contribution in [-0.2, 0) is 6.54 Å². The molecule has 0 aliphatic heterocycles. The van der Waals surface area contributed by atoms with Gasteiger partial charge >= 0.3 is 0 Å². The Kier molecular flexibility index (Phi) is 4.42. The van der Waals surface area contributed by atoms with Gasteiger partial charge in [-0.2, -0.15) is 0 Å². The predicted octanol–water partition coefficient (Wildman–Crippen LogP) is 2.40. The minimum atomic E-state index is -0.333. The molecule has 0 unspecified atom stereocenters. The Morgan fingerprint density at radius 2 is 1.95 bits per heavy atom. The summed E-state index contributed by atoms with van der Waals surface area (Å²) in [5.74, 6) is -0.615. The molecule has 0 saturated heterocycles. The van der Waals surface area contributed by atoms with Crippen molar-refractivity contribution in [3.05, 3.63) is 59.4 Å². The van der Waals surface area contributed by atoms with Crippen LogP contribution in [0.4, 0.5) is 15.8 Å². The molecule has 0 bridgehead atoms. The second kappa shape index (κ2) is 6.26. The lowest BCUT2D eigenvalue weighted by molar-refractivity contribution is 0.0950. The summed E-state index contributed by atoms with van der Waals surface area (Å²) in [6.07, 6.45) is 0. The fourth-order valence-corrected chi connectivity index (χ4v) is 2.02. The monoisotopic (exact) mass is 287 g/mol. The smallest absolute Gasteiger partial charge is 0.251 e. The van der Waals surface area contributed by atoms with E-state index >= 15 is 0 Å². The second-order valence-electron chi connectivity index (χ2n) is 4.94. The number of hydrogen-bond acceptors (Lipinski definition) is 3. The van der Waals surface area contributed by atoms with Crippen LogP contribution in [0.2, 0.25) is 0 Å². The molecule has 2 aromatic carbocycles. The molecule has 0 atom stereocenters. The van der Waals surface area contributed by atoms with Gasteiger partial charge in [0.05, 0.1) is 11.4 Å². The maximum absolute atomic E-state index is 13.5. The molecule has 0 aliphatic carbocycles. The van der Waals surface area contributed by atoms with Gasteiger partial charge in [-0.1, -0.05) is 18.2 Å². The van der Waals surface area contributed by atoms with Crippen molar-refractivity contribution in [3.63, 3.8) is 0 Å². The zero-order valence-corrected chi connectivity index (χ0v) is 12.1. The number of hydrogen-bond donors (Lipinski definition) is 2. The van der Waals surface area contributed by atoms with Crippen molar-refractivity contribution in [2.45, 2.75) is 6.54 Å². The number of anilines is 2. The van der Waals surface area contributed by atoms with Crippen LogP contribution in [0.25, 0.3) is 0 Å². The average molecular weight is 287 g/mol. The molecule has 0 radical (unpaired) electrons. The third-order valence-corrected chi connectivity index (χ3v) is 3.17. The van der Waals surface area contributed by atoms with E-state index in [-0.39, 0.29) is 18.3 Å². The molecule has 5 heteroatoms. The van der Waals surface area contributed by atoms with Crippen molar-refractivity contribution >= 4 is 17.3 Å². The first-order chi connectivity index (χ1) is 9.99. The molecular weight excluding hydrogens is 269 g/mol. The minimum absolute atomic E-state index is 0.140. The summed E-state index contributed by atoms with van der Waals surface area (Å²) in [4.78, 5) is 13.9. The zero-order chi connectivity index (χ0) is 15.4. The highest BCUT2D eigenvalue weighted by atomic mass is 19.1. The lowest BCUT2D eigenvalue weighted by Crippen LogP contribution is -2.23. The molecule has 0 aromatic heterocycles. The number of nitrogens with zero attached hydrogens (tertiary/aromatic N) is 1. The Labute approximate surface area is 123 Å². The van der Waals surface area contributed by atoms with Crippen LogP contribution in [0.3, 0.4) is 0 Å². The molecule has 3 N–H and O–H groups in total. The Balaban J connectivity index is 2.07. The topological polar surface area (TPSA) is 58.4 Å². The van der Waals surface area contributed by atoms with Gasteiger partial charge < -0.3 is 16.0 Å². The van der Waals surface area contributed by atoms with Crippen molar-refractivity contribution < 1.29 is 9.18 Å². The number of halogens is 1. The highest BCUT2D eigenvalue weighted by molar-refractivity contribution is 5.96. The quantitative estimate of drug-likeness (QED) is 0.849. The summed E-state index contributed by atoms with van der Waals surface area (Å²) >= 11 is 0. The van der Waals surface area contributed by atoms with Gasteiger partial charge in [0.2, 0.25) is 0 Å². The van der Waals surface area contributed by atoms with E-state index in [1.165, 1.54) is 6.07 Å². The van der Waals surface area contributed by atoms with Crippen LogP contribution >= 0.6 is 0 Å². The van der Waals surface area contributed by atoms with Gasteiger partial charge in [0, 0.05) is 31.8 Å². The summed E-state index contributed by atoms with van der Waals surface area (Å²) in [5, 5.41) is 2.68. The normalized spacial score (nSPS) is 10.2. The van der Waals surface area contributed by atoms with Crippen LogP contribution in [-0.4, -0.2) is 20.0 Å². The first-order valence-corrected chi connectivity index (χ1v) is 6.57. The maximum atomic E-state index is 13.5. The summed E-state index contributed by atoms with van der Waals surface area (Å²) in [7, 11) is 3.76. The molecule has 0 heterocycles. The summed E-state index contributed by atoms with van der Waals surface area (Å²) in [5.41, 5.74) is 8.19. The Morgan fingerprint density at radius 3 is 2.57 bits per heavy atom. The molecule has 110 valence electrons. The fraction of sp³-hybridized carbons (Fsp3) is 0.188. The highest BCUT2D eigenvalue weighted by Crippen LogP contribution is 2.22. The molecule has 0 fully saturated rings. The molecule has 2 aromatic rings. The van der Waals surface area contributed by atoms with Crippen molar-refractivity contribution in [1.82, 2.24) is 5.32 Å². The van der Waals surface area contributed by atoms with Crippen molar-refractivity contribution in [2.24, 2.45) is 0 Å². The Morgan fingerprint density at radius 1 is 1.24 bits per heavy atom. The third kappa shape index (κ3) is 3.51. The van der Waals surface area contributed by atoms with Gasteiger partial charge in [-0.05, 0) is 24.3 Å². The van der Waals surface area contributed by atoms with E-state index < -0.39 is 0 Å². The van der Waals surface area contributed by atoms with Gasteiger partial charge in [-0.15, -0.1) is 0 Å². The number of benzene rings is 2. The summed E-state index contributed by atoms with van der Waals surface area (Å²) < 4.78 is 13.5. The number of carbonyl (C=O) groups excluding carboxylic acids is 1. The van der Waals surface area contributed by atoms with E-state index in [1.807, 2.05) is 19.0 Å². The van der Waals surface area contributed by atoms with Crippen LogP contribution < -0.4 is 16.0 Å². The molecule has 2 rings (SSSR count). The molecule has 0 spiro atoms. The third-order valence-electron chi connectivity index (χ3n) is 3.17. The van der Waals surface area contributed by atoms with Crippen LogP contribution in [0.15, 0.2) is 42.5 Å². The van der Waals surface area contributed by atoms with E-state index in [9.17, 15) is 9.18 Å². The van der Waals surface area contributed by atoms with Gasteiger partial charge in [0.1, 0.15) is 5.82 Å². The SMILES string of the molecule is CN(C)c1ccc(C(=O)NCc2ccccc2F)cc1N. The van der Waals surface area contributed by atoms with Crippen LogP contribution in [0.5, 0.6) is 0 Å². The maximum Gasteiger partial charge on any atom is 0.251 e. The fourth-order valence-electron chi connectivity index (χ4n) is 2.02. The van der Waals surface area contributed by atoms with E-state index in [2.05, 4.69) is 5.32 Å². The number of rotatable bonds is 4. The van der Waals surface area contributed by atoms with E-state index in [1.54, 1.807) is 36.4 Å². The van der Waals surface area contributed by atoms with Crippen molar-refractivity contribution in [1.29, 1.82) is 0 Å². The average Bonchev–Trinajstić information content (AvgIpc) is 2.45. The number of nitrogens with two attached hydrogens (primary N) is 1. The van der Waals surface area contributed by atoms with Crippen LogP contribution in [0, 0.1) is 5.82 Å². The molecular formula is C16H18FN3O. The lowest BCUT2D eigenvalue weighted by Gasteiger charge is -2.16. The van der Waals surface area contributed by atoms with Gasteiger partial charge in [-0.25, -0.2) is 4.39 Å². The number of amides is 1. The number of carbonyl (C=O) groups is 1. The molecule has 1 amide bonds. The first-order valence-electron chi connectivity index (χ1n) is 6.57. The molecule has 0 aliphatic rings. The second-order valence-corrected chi connectivity index (χ2v) is 4.94. The molecule has 0 saturated carbocycles. The van der Waals surface area contributed by atoms with Crippen LogP contribution in [0.1, 0.15) is 15.9 Å². The highest BCUT2D eigenvalue weighted by Gasteiger charge is 2.10. The predicted molar refractivity (Wildman–Crippen MR) is 82.8 cm³/mol. The van der Waals surface area contributed by atoms with Gasteiger partial charge in [0.25, 0.3) is 5.91 Å². The minimum Gasteiger partial charge on any atom is -0.397 e. The zero-order valence-electron chi connectivity index (χ0n) is 12.1. The number of nitrogen functional groups attached to an aromatic ring is 1. The van der Waals surface area contributed by atoms with E-state index in [0.29, 0.717) is 16.8 Å². The lowest BCUT2D eigenvalue weighted by atomic mass is 10.1. The van der Waals surface area contributed by atoms with Gasteiger partial charge in [0.15, 0.2) is 0 Å². The molecule has 21 heavy (non-hydrogen) atoms. The largest absolute Gasteiger partial charge is 0.397 e. The number of nitrogens with one attached hydrogen (secondary N) is 1. The summed E-state index contributed by atoms with van der Waals surface area (Å²) in [6.45, 7) is 0.140. The molecule has 4 nitrogen and oxygen atoms in total. The van der Waals surface area contributed by atoms with E-state index in [4.69, 9.17) is 5.73 Å². The van der Waals surface area contributed by atoms with E-state index in [0.717, 1.165) is 5.69 Å². The summed E-state index contributed by atoms with van der Waals surface area (Å²) in [6, 6.07) is 11.4. The first kappa shape index (κ1) is 14.8. The van der Waals surface area contributed by atoms with Crippen molar-refractivity contribution in [2.75, 3.05) is 24.7 Å². The van der Waals surface area contributed by atoms with Gasteiger partial charge in [-0.3, -0.25) is 4.79 Å². The van der Waals surface area contributed by atoms with Crippen molar-refractivity contribution in [3.8, 4) is 0 Å².